The number of amides is 2. The zero-order chi connectivity index (χ0) is 32.7. The number of nitrogens with one attached hydrogen (secondary N) is 2. The van der Waals surface area contributed by atoms with Gasteiger partial charge in [0.1, 0.15) is 11.4 Å². The van der Waals surface area contributed by atoms with Gasteiger partial charge >= 0.3 is 0 Å². The highest BCUT2D eigenvalue weighted by Gasteiger charge is 2.46. The molecule has 2 amide bonds. The van der Waals surface area contributed by atoms with Crippen LogP contribution in [0.4, 0.5) is 14.6 Å². The third kappa shape index (κ3) is 7.98. The predicted octanol–water partition coefficient (Wildman–Crippen LogP) is 4.78. The van der Waals surface area contributed by atoms with Gasteiger partial charge in [0, 0.05) is 50.1 Å². The number of rotatable bonds is 11. The van der Waals surface area contributed by atoms with Crippen LogP contribution in [0.25, 0.3) is 11.1 Å². The van der Waals surface area contributed by atoms with Crippen LogP contribution in [0.1, 0.15) is 77.1 Å². The molecule has 1 saturated heterocycles. The Morgan fingerprint density at radius 3 is 2.49 bits per heavy atom. The molecule has 45 heavy (non-hydrogen) atoms. The van der Waals surface area contributed by atoms with Crippen LogP contribution < -0.4 is 16.2 Å². The number of hydrogen-bond donors (Lipinski definition) is 2. The van der Waals surface area contributed by atoms with Gasteiger partial charge in [0.15, 0.2) is 0 Å². The number of carbonyl (C=O) groups excluding carboxylic acids is 2. The topological polar surface area (TPSA) is 129 Å². The lowest BCUT2D eigenvalue weighted by Crippen LogP contribution is -2.58. The van der Waals surface area contributed by atoms with Gasteiger partial charge in [-0.05, 0) is 66.8 Å². The summed E-state index contributed by atoms with van der Waals surface area (Å²) in [4.78, 5) is 45.5. The van der Waals surface area contributed by atoms with Crippen molar-refractivity contribution in [2.45, 2.75) is 58.5 Å². The number of benzene rings is 1. The molecule has 1 saturated carbocycles. The number of halogens is 2. The van der Waals surface area contributed by atoms with Crippen molar-refractivity contribution in [1.82, 2.24) is 19.8 Å². The lowest BCUT2D eigenvalue weighted by Gasteiger charge is -2.39. The molecule has 0 spiro atoms. The van der Waals surface area contributed by atoms with Crippen LogP contribution in [-0.4, -0.2) is 65.5 Å². The lowest BCUT2D eigenvalue weighted by molar-refractivity contribution is -0.113. The number of nitrogens with zero attached hydrogens (tertiary/aromatic N) is 4. The lowest BCUT2D eigenvalue weighted by atomic mass is 9.95. The second-order valence-corrected chi connectivity index (χ2v) is 10.8. The van der Waals surface area contributed by atoms with E-state index in [0.29, 0.717) is 43.1 Å². The summed E-state index contributed by atoms with van der Waals surface area (Å²) in [6.45, 7) is 6.36. The molecule has 1 aliphatic heterocycles. The van der Waals surface area contributed by atoms with E-state index in [2.05, 4.69) is 15.6 Å². The number of nitriles is 1. The van der Waals surface area contributed by atoms with Gasteiger partial charge in [-0.1, -0.05) is 19.9 Å². The van der Waals surface area contributed by atoms with Gasteiger partial charge in [-0.3, -0.25) is 14.4 Å². The molecule has 2 N–H and O–H groups in total. The molecule has 0 unspecified atom stereocenters. The van der Waals surface area contributed by atoms with Crippen molar-refractivity contribution in [3.8, 4) is 17.2 Å². The number of carbonyl (C=O) groups is 2. The van der Waals surface area contributed by atoms with Crippen LogP contribution in [0.5, 0.6) is 0 Å². The molecule has 0 radical (unpaired) electrons. The molecule has 2 fully saturated rings. The van der Waals surface area contributed by atoms with E-state index in [9.17, 15) is 28.4 Å². The van der Waals surface area contributed by atoms with Crippen molar-refractivity contribution in [2.75, 3.05) is 38.7 Å². The van der Waals surface area contributed by atoms with Gasteiger partial charge in [-0.25, -0.2) is 13.8 Å². The minimum Gasteiger partial charge on any atom is -0.383 e. The number of methoxy groups -OCH3 is 1. The van der Waals surface area contributed by atoms with Crippen LogP contribution in [0.2, 0.25) is 0 Å². The quantitative estimate of drug-likeness (QED) is 0.295. The Morgan fingerprint density at radius 1 is 1.13 bits per heavy atom. The molecule has 2 aromatic heterocycles. The maximum atomic E-state index is 13.6. The van der Waals surface area contributed by atoms with Gasteiger partial charge in [-0.2, -0.15) is 5.26 Å². The van der Waals surface area contributed by atoms with E-state index < -0.39 is 36.4 Å². The smallest absolute Gasteiger partial charge is 0.282 e. The summed E-state index contributed by atoms with van der Waals surface area (Å²) >= 11 is 0. The third-order valence-electron chi connectivity index (χ3n) is 7.44. The molecular formula is C33H38F2N6O4. The van der Waals surface area contributed by atoms with Crippen molar-refractivity contribution in [3.05, 3.63) is 80.9 Å². The molecule has 238 valence electrons. The Hall–Kier alpha value is -4.47. The Bertz CT molecular complexity index is 1650. The Labute approximate surface area is 261 Å². The summed E-state index contributed by atoms with van der Waals surface area (Å²) in [7, 11) is 1.60. The van der Waals surface area contributed by atoms with Crippen LogP contribution in [0.15, 0.2) is 47.4 Å². The van der Waals surface area contributed by atoms with Crippen molar-refractivity contribution < 1.29 is 23.1 Å². The first kappa shape index (κ1) is 33.4. The highest BCUT2D eigenvalue weighted by Crippen LogP contribution is 2.41. The second-order valence-electron chi connectivity index (χ2n) is 10.8. The highest BCUT2D eigenvalue weighted by atomic mass is 19.3. The monoisotopic (exact) mass is 620 g/mol. The van der Waals surface area contributed by atoms with Gasteiger partial charge in [0.25, 0.3) is 23.3 Å². The summed E-state index contributed by atoms with van der Waals surface area (Å²) in [5, 5.41) is 15.4. The normalized spacial score (nSPS) is 14.9. The number of alkyl halides is 2. The van der Waals surface area contributed by atoms with Crippen molar-refractivity contribution in [3.63, 3.8) is 0 Å². The van der Waals surface area contributed by atoms with E-state index in [4.69, 9.17) is 4.74 Å². The fourth-order valence-corrected chi connectivity index (χ4v) is 5.01. The van der Waals surface area contributed by atoms with Crippen LogP contribution >= 0.6 is 0 Å². The van der Waals surface area contributed by atoms with Crippen LogP contribution in [-0.2, 0) is 17.8 Å². The van der Waals surface area contributed by atoms with Crippen LogP contribution in [0.3, 0.4) is 0 Å². The first-order valence-corrected chi connectivity index (χ1v) is 15.1. The number of aryl methyl sites for hydroxylation is 1. The van der Waals surface area contributed by atoms with E-state index in [1.165, 1.54) is 10.6 Å². The Balaban J connectivity index is 0.00000226. The summed E-state index contributed by atoms with van der Waals surface area (Å²) in [5.74, 6) is -3.82. The molecule has 10 nitrogen and oxygen atoms in total. The fraction of sp³-hybridized carbons (Fsp3) is 0.424. The Kier molecular flexibility index (Phi) is 10.8. The first-order valence-electron chi connectivity index (χ1n) is 15.1. The average Bonchev–Trinajstić information content (AvgIpc) is 3.88. The van der Waals surface area contributed by atoms with Gasteiger partial charge < -0.3 is 24.8 Å². The van der Waals surface area contributed by atoms with Crippen molar-refractivity contribution >= 4 is 17.6 Å². The average molecular weight is 621 g/mol. The zero-order valence-electron chi connectivity index (χ0n) is 26.0. The molecule has 12 heteroatoms. The number of pyridine rings is 2. The van der Waals surface area contributed by atoms with Gasteiger partial charge in [-0.15, -0.1) is 0 Å². The molecule has 0 bridgehead atoms. The molecule has 3 aromatic rings. The molecule has 0 atom stereocenters. The number of aromatic nitrogens is 2. The number of likely N-dealkylation sites (tertiary alicyclic amines) is 1. The molecule has 3 heterocycles. The second kappa shape index (κ2) is 14.5. The summed E-state index contributed by atoms with van der Waals surface area (Å²) in [5.41, 5.74) is 2.26. The fourth-order valence-electron chi connectivity index (χ4n) is 5.01. The molecule has 2 aliphatic rings. The predicted molar refractivity (Wildman–Crippen MR) is 166 cm³/mol. The van der Waals surface area contributed by atoms with Crippen LogP contribution in [0, 0.1) is 11.3 Å². The van der Waals surface area contributed by atoms with Crippen molar-refractivity contribution in [1.29, 1.82) is 5.26 Å². The highest BCUT2D eigenvalue weighted by molar-refractivity contribution is 6.05. The van der Waals surface area contributed by atoms with E-state index in [-0.39, 0.29) is 28.4 Å². The van der Waals surface area contributed by atoms with E-state index in [1.54, 1.807) is 37.6 Å². The largest absolute Gasteiger partial charge is 0.383 e. The molecule has 1 aliphatic carbocycles. The minimum atomic E-state index is -2.94. The summed E-state index contributed by atoms with van der Waals surface area (Å²) in [6, 6.07) is 11.5. The molecule has 5 rings (SSSR count). The number of ether oxygens (including phenoxy) is 1. The minimum absolute atomic E-state index is 0.0407. The maximum absolute atomic E-state index is 13.6. The number of anilines is 1. The van der Waals surface area contributed by atoms with E-state index >= 15 is 0 Å². The van der Waals surface area contributed by atoms with Gasteiger partial charge in [0.2, 0.25) is 0 Å². The van der Waals surface area contributed by atoms with Gasteiger partial charge in [0.05, 0.1) is 31.3 Å². The molecule has 1 aromatic carbocycles. The SMILES string of the molecule is CC.CCn1cc(CNCCOC)cc(C(=O)Nc2cc(-c3ccc(C#N)cc3C(=O)N3CC(F)(F)C3)cc(C3CC3)n2)c1=O. The Morgan fingerprint density at radius 2 is 1.87 bits per heavy atom. The van der Waals surface area contributed by atoms with E-state index in [0.717, 1.165) is 23.3 Å². The third-order valence-corrected chi connectivity index (χ3v) is 7.44. The van der Waals surface area contributed by atoms with Crippen molar-refractivity contribution in [2.24, 2.45) is 0 Å². The summed E-state index contributed by atoms with van der Waals surface area (Å²) < 4.78 is 33.6. The maximum Gasteiger partial charge on any atom is 0.282 e. The first-order chi connectivity index (χ1) is 21.6. The molecular weight excluding hydrogens is 582 g/mol. The summed E-state index contributed by atoms with van der Waals surface area (Å²) in [6.07, 6.45) is 3.52. The van der Waals surface area contributed by atoms with E-state index in [1.807, 2.05) is 32.9 Å². The standard InChI is InChI=1S/C31H32F2N6O4.C2H6/c1-3-38-16-20(15-35-8-9-43-2)11-25(30(38)42)28(40)37-27-13-22(12-26(36-27)21-5-6-21)23-7-4-19(14-34)10-24(23)29(41)39-17-31(32,33)18-39;1-2/h4,7,10-13,16,21,35H,3,5-6,8-9,15,17-18H2,1-2H3,(H,36,37,40);1-2H3. The zero-order valence-corrected chi connectivity index (χ0v) is 26.0. The number of hydrogen-bond acceptors (Lipinski definition) is 7.